The normalized spacial score (nSPS) is 21.3. The Bertz CT molecular complexity index is 570. The van der Waals surface area contributed by atoms with Crippen LogP contribution in [0.3, 0.4) is 0 Å². The zero-order chi connectivity index (χ0) is 15.4. The number of tetrazole rings is 1. The lowest BCUT2D eigenvalue weighted by molar-refractivity contribution is 0.459. The summed E-state index contributed by atoms with van der Waals surface area (Å²) in [6, 6.07) is 0.450. The second-order valence-electron chi connectivity index (χ2n) is 6.15. The largest absolute Gasteiger partial charge is 0.349 e. The smallest absolute Gasteiger partial charge is 0.265 e. The maximum atomic E-state index is 6.34. The molecule has 2 aliphatic rings. The van der Waals surface area contributed by atoms with Crippen molar-refractivity contribution in [2.75, 3.05) is 5.32 Å². The number of aromatic nitrogens is 4. The Kier molecular flexibility index (Phi) is 5.08. The van der Waals surface area contributed by atoms with Crippen LogP contribution in [-0.2, 0) is 0 Å². The van der Waals surface area contributed by atoms with Crippen molar-refractivity contribution in [2.24, 2.45) is 5.10 Å². The van der Waals surface area contributed by atoms with Crippen molar-refractivity contribution in [3.8, 4) is 0 Å². The topological polar surface area (TPSA) is 68.0 Å². The molecule has 2 aliphatic carbocycles. The summed E-state index contributed by atoms with van der Waals surface area (Å²) in [5.41, 5.74) is 2.05. The molecule has 1 fully saturated rings. The van der Waals surface area contributed by atoms with Crippen LogP contribution in [0.4, 0.5) is 5.95 Å². The number of anilines is 1. The third-order valence-electron chi connectivity index (χ3n) is 4.47. The second-order valence-corrected chi connectivity index (χ2v) is 6.60. The molecule has 1 saturated carbocycles. The highest BCUT2D eigenvalue weighted by Crippen LogP contribution is 2.28. The minimum atomic E-state index is 0.450. The highest BCUT2D eigenvalue weighted by Gasteiger charge is 2.18. The minimum absolute atomic E-state index is 0.450. The summed E-state index contributed by atoms with van der Waals surface area (Å²) >= 11 is 6.34. The molecule has 0 bridgehead atoms. The van der Waals surface area contributed by atoms with E-state index in [0.29, 0.717) is 12.0 Å². The molecule has 1 aromatic rings. The standard InChI is InChI=1S/C15H23ClN6/c1-11(13-9-5-6-10-14(13)16)19-22-15(18-20-21-22)17-12-7-3-2-4-8-12/h12H,2-10H2,1H3,(H,17,18,21)/b19-11+. The fraction of sp³-hybridized carbons (Fsp3) is 0.733. The van der Waals surface area contributed by atoms with Crippen molar-refractivity contribution in [1.82, 2.24) is 20.3 Å². The second kappa shape index (κ2) is 7.22. The molecule has 3 rings (SSSR count). The molecule has 7 heteroatoms. The average molecular weight is 323 g/mol. The van der Waals surface area contributed by atoms with Crippen LogP contribution in [0.1, 0.15) is 64.7 Å². The average Bonchev–Trinajstić information content (AvgIpc) is 2.95. The molecule has 0 radical (unpaired) electrons. The van der Waals surface area contributed by atoms with E-state index in [0.717, 1.165) is 35.6 Å². The van der Waals surface area contributed by atoms with E-state index in [4.69, 9.17) is 11.6 Å². The van der Waals surface area contributed by atoms with Gasteiger partial charge in [0.2, 0.25) is 0 Å². The van der Waals surface area contributed by atoms with Crippen molar-refractivity contribution in [3.05, 3.63) is 10.6 Å². The first-order valence-corrected chi connectivity index (χ1v) is 8.60. The SMILES string of the molecule is C/C(=N\n1nnnc1NC1CCCCC1)C1=C(Cl)CCCC1. The molecule has 0 aromatic carbocycles. The number of halogens is 1. The van der Waals surface area contributed by atoms with Crippen LogP contribution in [0.25, 0.3) is 0 Å². The lowest BCUT2D eigenvalue weighted by Crippen LogP contribution is -2.24. The van der Waals surface area contributed by atoms with Gasteiger partial charge in [-0.2, -0.15) is 5.10 Å². The molecule has 1 N–H and O–H groups in total. The summed E-state index contributed by atoms with van der Waals surface area (Å²) in [6.45, 7) is 1.98. The van der Waals surface area contributed by atoms with Crippen LogP contribution in [-0.4, -0.2) is 32.1 Å². The van der Waals surface area contributed by atoms with E-state index in [1.54, 1.807) is 0 Å². The summed E-state index contributed by atoms with van der Waals surface area (Å²) in [4.78, 5) is 1.50. The monoisotopic (exact) mass is 322 g/mol. The maximum absolute atomic E-state index is 6.34. The summed E-state index contributed by atoms with van der Waals surface area (Å²) in [5.74, 6) is 0.624. The van der Waals surface area contributed by atoms with Crippen molar-refractivity contribution in [1.29, 1.82) is 0 Å². The Morgan fingerprint density at radius 3 is 2.73 bits per heavy atom. The number of allylic oxidation sites excluding steroid dienone is 2. The van der Waals surface area contributed by atoms with Crippen molar-refractivity contribution in [2.45, 2.75) is 70.8 Å². The van der Waals surface area contributed by atoms with E-state index in [1.165, 1.54) is 43.3 Å². The van der Waals surface area contributed by atoms with Crippen molar-refractivity contribution < 1.29 is 0 Å². The maximum Gasteiger partial charge on any atom is 0.265 e. The molecule has 6 nitrogen and oxygen atoms in total. The molecule has 0 spiro atoms. The van der Waals surface area contributed by atoms with Gasteiger partial charge in [-0.1, -0.05) is 40.8 Å². The van der Waals surface area contributed by atoms with E-state index < -0.39 is 0 Å². The van der Waals surface area contributed by atoms with Gasteiger partial charge in [0.05, 0.1) is 5.71 Å². The Hall–Kier alpha value is -1.43. The summed E-state index contributed by atoms with van der Waals surface area (Å²) in [5, 5.41) is 20.7. The first kappa shape index (κ1) is 15.5. The number of hydrogen-bond donors (Lipinski definition) is 1. The van der Waals surface area contributed by atoms with Gasteiger partial charge < -0.3 is 5.32 Å². The Morgan fingerprint density at radius 2 is 1.95 bits per heavy atom. The quantitative estimate of drug-likeness (QED) is 0.858. The lowest BCUT2D eigenvalue weighted by atomic mass is 9.96. The zero-order valence-electron chi connectivity index (χ0n) is 13.1. The van der Waals surface area contributed by atoms with Crippen molar-refractivity contribution in [3.63, 3.8) is 0 Å². The molecule has 1 aromatic heterocycles. The van der Waals surface area contributed by atoms with Crippen molar-refractivity contribution >= 4 is 23.3 Å². The predicted octanol–water partition coefficient (Wildman–Crippen LogP) is 3.71. The van der Waals surface area contributed by atoms with Gasteiger partial charge in [-0.25, -0.2) is 0 Å². The Labute approximate surface area is 136 Å². The van der Waals surface area contributed by atoms with Gasteiger partial charge in [0.15, 0.2) is 0 Å². The van der Waals surface area contributed by atoms with Crippen LogP contribution >= 0.6 is 11.6 Å². The Morgan fingerprint density at radius 1 is 1.18 bits per heavy atom. The lowest BCUT2D eigenvalue weighted by Gasteiger charge is -2.22. The molecule has 0 unspecified atom stereocenters. The van der Waals surface area contributed by atoms with Crippen LogP contribution < -0.4 is 5.32 Å². The Balaban J connectivity index is 1.74. The molecular weight excluding hydrogens is 300 g/mol. The molecule has 22 heavy (non-hydrogen) atoms. The third kappa shape index (κ3) is 3.66. The fourth-order valence-electron chi connectivity index (χ4n) is 3.21. The van der Waals surface area contributed by atoms with E-state index in [1.807, 2.05) is 6.92 Å². The number of nitrogens with zero attached hydrogens (tertiary/aromatic N) is 5. The van der Waals surface area contributed by atoms with Gasteiger partial charge in [0.25, 0.3) is 5.95 Å². The van der Waals surface area contributed by atoms with E-state index in [9.17, 15) is 0 Å². The molecule has 0 aliphatic heterocycles. The summed E-state index contributed by atoms with van der Waals surface area (Å²) in [7, 11) is 0. The highest BCUT2D eigenvalue weighted by atomic mass is 35.5. The fourth-order valence-corrected chi connectivity index (χ4v) is 3.58. The molecular formula is C15H23ClN6. The first-order chi connectivity index (χ1) is 10.7. The first-order valence-electron chi connectivity index (χ1n) is 8.22. The van der Waals surface area contributed by atoms with Gasteiger partial charge in [-0.3, -0.25) is 0 Å². The molecule has 0 atom stereocenters. The van der Waals surface area contributed by atoms with E-state index >= 15 is 0 Å². The zero-order valence-corrected chi connectivity index (χ0v) is 13.8. The highest BCUT2D eigenvalue weighted by molar-refractivity contribution is 6.32. The third-order valence-corrected chi connectivity index (χ3v) is 4.89. The van der Waals surface area contributed by atoms with Gasteiger partial charge >= 0.3 is 0 Å². The number of rotatable bonds is 4. The van der Waals surface area contributed by atoms with Gasteiger partial charge in [-0.05, 0) is 61.4 Å². The molecule has 1 heterocycles. The van der Waals surface area contributed by atoms with E-state index in [2.05, 4.69) is 25.9 Å². The predicted molar refractivity (Wildman–Crippen MR) is 88.2 cm³/mol. The van der Waals surface area contributed by atoms with Crippen LogP contribution in [0.5, 0.6) is 0 Å². The van der Waals surface area contributed by atoms with Crippen LogP contribution in [0.15, 0.2) is 15.7 Å². The van der Waals surface area contributed by atoms with E-state index in [-0.39, 0.29) is 0 Å². The summed E-state index contributed by atoms with van der Waals surface area (Å²) in [6.07, 6.45) is 10.5. The minimum Gasteiger partial charge on any atom is -0.349 e. The van der Waals surface area contributed by atoms with Gasteiger partial charge in [0, 0.05) is 11.1 Å². The number of nitrogens with one attached hydrogen (secondary N) is 1. The summed E-state index contributed by atoms with van der Waals surface area (Å²) < 4.78 is 0. The number of hydrogen-bond acceptors (Lipinski definition) is 5. The van der Waals surface area contributed by atoms with Gasteiger partial charge in [-0.15, -0.1) is 0 Å². The molecule has 0 saturated heterocycles. The molecule has 120 valence electrons. The molecule has 0 amide bonds. The van der Waals surface area contributed by atoms with Gasteiger partial charge in [0.1, 0.15) is 0 Å². The van der Waals surface area contributed by atoms with Crippen LogP contribution in [0.2, 0.25) is 0 Å². The van der Waals surface area contributed by atoms with Crippen LogP contribution in [0, 0.1) is 0 Å².